The van der Waals surface area contributed by atoms with Crippen molar-refractivity contribution in [2.75, 3.05) is 19.5 Å². The lowest BCUT2D eigenvalue weighted by Crippen LogP contribution is -2.46. The molecular formula is C22H33N7O3. The van der Waals surface area contributed by atoms with Gasteiger partial charge in [-0.1, -0.05) is 0 Å². The van der Waals surface area contributed by atoms with Crippen molar-refractivity contribution in [1.82, 2.24) is 29.9 Å². The zero-order chi connectivity index (χ0) is 23.3. The van der Waals surface area contributed by atoms with Crippen LogP contribution in [0, 0.1) is 0 Å². The second-order valence-corrected chi connectivity index (χ2v) is 7.98. The average molecular weight is 444 g/mol. The zero-order valence-electron chi connectivity index (χ0n) is 19.5. The van der Waals surface area contributed by atoms with Gasteiger partial charge >= 0.3 is 6.03 Å². The fourth-order valence-electron chi connectivity index (χ4n) is 3.74. The van der Waals surface area contributed by atoms with Crippen LogP contribution in [0.2, 0.25) is 0 Å². The lowest BCUT2D eigenvalue weighted by molar-refractivity contribution is -0.108. The van der Waals surface area contributed by atoms with Gasteiger partial charge in [-0.05, 0) is 52.7 Å². The summed E-state index contributed by atoms with van der Waals surface area (Å²) in [6, 6.07) is 3.42. The molecule has 10 heteroatoms. The highest BCUT2D eigenvalue weighted by atomic mass is 16.7. The van der Waals surface area contributed by atoms with Crippen LogP contribution in [-0.2, 0) is 22.7 Å². The van der Waals surface area contributed by atoms with E-state index >= 15 is 0 Å². The predicted octanol–water partition coefficient (Wildman–Crippen LogP) is 3.25. The molecule has 1 atom stereocenters. The summed E-state index contributed by atoms with van der Waals surface area (Å²) in [7, 11) is 1.49. The number of carbonyl (C=O) groups excluding carboxylic acids is 1. The molecule has 0 saturated carbocycles. The largest absolute Gasteiger partial charge is 0.382 e. The number of nitrogens with two attached hydrogens (primary N) is 1. The molecule has 3 N–H and O–H groups in total. The van der Waals surface area contributed by atoms with Gasteiger partial charge in [0.15, 0.2) is 5.82 Å². The topological polar surface area (TPSA) is 120 Å². The molecule has 3 rings (SSSR count). The van der Waals surface area contributed by atoms with E-state index in [0.717, 1.165) is 35.2 Å². The van der Waals surface area contributed by atoms with Crippen LogP contribution < -0.4 is 11.1 Å². The molecule has 0 aromatic carbocycles. The summed E-state index contributed by atoms with van der Waals surface area (Å²) >= 11 is 0. The van der Waals surface area contributed by atoms with Crippen molar-refractivity contribution < 1.29 is 14.4 Å². The minimum Gasteiger partial charge on any atom is -0.382 e. The molecule has 10 nitrogen and oxygen atoms in total. The zero-order valence-corrected chi connectivity index (χ0v) is 19.5. The highest BCUT2D eigenvalue weighted by molar-refractivity contribution is 6.04. The van der Waals surface area contributed by atoms with Gasteiger partial charge in [-0.25, -0.2) is 19.8 Å². The maximum absolute atomic E-state index is 12.4. The minimum atomic E-state index is -0.242. The Hall–Kier alpha value is -2.98. The summed E-state index contributed by atoms with van der Waals surface area (Å²) in [4.78, 5) is 31.2. The van der Waals surface area contributed by atoms with E-state index in [2.05, 4.69) is 19.9 Å². The molecule has 0 saturated heterocycles. The van der Waals surface area contributed by atoms with E-state index in [1.807, 2.05) is 39.8 Å². The highest BCUT2D eigenvalue weighted by Crippen LogP contribution is 2.28. The number of hydrogen-bond acceptors (Lipinski definition) is 7. The van der Waals surface area contributed by atoms with Crippen LogP contribution in [0.5, 0.6) is 0 Å². The predicted molar refractivity (Wildman–Crippen MR) is 124 cm³/mol. The van der Waals surface area contributed by atoms with Gasteiger partial charge < -0.3 is 20.4 Å². The third-order valence-corrected chi connectivity index (χ3v) is 5.23. The van der Waals surface area contributed by atoms with Gasteiger partial charge in [0.25, 0.3) is 0 Å². The Bertz CT molecular complexity index is 1070. The number of nitrogens with one attached hydrogen (secondary N) is 1. The summed E-state index contributed by atoms with van der Waals surface area (Å²) in [5, 5.41) is 4.31. The first-order chi connectivity index (χ1) is 15.4. The molecule has 2 amide bonds. The van der Waals surface area contributed by atoms with Crippen LogP contribution in [-0.4, -0.2) is 56.4 Å². The van der Waals surface area contributed by atoms with Crippen molar-refractivity contribution >= 4 is 33.9 Å². The number of nitrogens with zero attached hydrogens (tertiary/aromatic N) is 5. The summed E-state index contributed by atoms with van der Waals surface area (Å²) in [6.07, 6.45) is 3.34. The molecule has 3 aromatic heterocycles. The number of nitrogen functional groups attached to an aromatic ring is 1. The number of imidazole rings is 1. The number of aromatic nitrogens is 4. The minimum absolute atomic E-state index is 0.0226. The molecule has 32 heavy (non-hydrogen) atoms. The van der Waals surface area contributed by atoms with Gasteiger partial charge in [0.1, 0.15) is 29.0 Å². The highest BCUT2D eigenvalue weighted by Gasteiger charge is 2.20. The van der Waals surface area contributed by atoms with Crippen molar-refractivity contribution in [2.24, 2.45) is 0 Å². The van der Waals surface area contributed by atoms with Gasteiger partial charge in [-0.2, -0.15) is 0 Å². The molecule has 0 aliphatic carbocycles. The van der Waals surface area contributed by atoms with Crippen LogP contribution in [0.3, 0.4) is 0 Å². The van der Waals surface area contributed by atoms with Crippen LogP contribution in [0.15, 0.2) is 18.3 Å². The van der Waals surface area contributed by atoms with E-state index < -0.39 is 0 Å². The van der Waals surface area contributed by atoms with E-state index in [1.165, 1.54) is 12.2 Å². The van der Waals surface area contributed by atoms with E-state index in [0.29, 0.717) is 31.1 Å². The van der Waals surface area contributed by atoms with Gasteiger partial charge in [0.2, 0.25) is 0 Å². The third kappa shape index (κ3) is 5.08. The monoisotopic (exact) mass is 443 g/mol. The smallest absolute Gasteiger partial charge is 0.341 e. The van der Waals surface area contributed by atoms with Crippen molar-refractivity contribution in [3.63, 3.8) is 0 Å². The van der Waals surface area contributed by atoms with Crippen LogP contribution in [0.4, 0.5) is 10.6 Å². The van der Waals surface area contributed by atoms with E-state index in [-0.39, 0.29) is 18.1 Å². The molecule has 3 aromatic rings. The number of aryl methyl sites for hydroxylation is 1. The quantitative estimate of drug-likeness (QED) is 0.461. The first-order valence-corrected chi connectivity index (χ1v) is 11.0. The van der Waals surface area contributed by atoms with E-state index in [9.17, 15) is 4.79 Å². The number of hydrogen-bond donors (Lipinski definition) is 2. The maximum atomic E-state index is 12.4. The van der Waals surface area contributed by atoms with Crippen molar-refractivity contribution in [3.8, 4) is 0 Å². The Balaban J connectivity index is 1.80. The molecule has 1 unspecified atom stereocenters. The van der Waals surface area contributed by atoms with Gasteiger partial charge in [-0.3, -0.25) is 9.82 Å². The Labute approximate surface area is 188 Å². The number of ether oxygens (including phenoxy) is 1. The standard InChI is InChI=1S/C22H33N7O3/c1-6-32-13-17-27-19-20(18-16(26-21(19)23)10-7-11-24-18)28(17)12-8-9-15(4)25-22(30)29(31-5)14(2)3/h7,10-11,14-15H,6,8-9,12-13H2,1-5H3,(H2,23,26)(H,25,30). The number of carbonyl (C=O) groups is 1. The molecule has 0 bridgehead atoms. The molecule has 0 aliphatic heterocycles. The number of pyridine rings is 2. The van der Waals surface area contributed by atoms with Crippen LogP contribution in [0.25, 0.3) is 22.1 Å². The second kappa shape index (κ2) is 10.6. The first kappa shape index (κ1) is 23.7. The second-order valence-electron chi connectivity index (χ2n) is 7.98. The fourth-order valence-corrected chi connectivity index (χ4v) is 3.74. The number of urea groups is 1. The van der Waals surface area contributed by atoms with Gasteiger partial charge in [0, 0.05) is 25.4 Å². The Kier molecular flexibility index (Phi) is 7.81. The summed E-state index contributed by atoms with van der Waals surface area (Å²) in [5.74, 6) is 1.17. The molecule has 0 radical (unpaired) electrons. The molecule has 174 valence electrons. The van der Waals surface area contributed by atoms with Gasteiger partial charge in [-0.15, -0.1) is 0 Å². The molecule has 0 fully saturated rings. The number of rotatable bonds is 10. The number of anilines is 1. The number of hydroxylamine groups is 2. The Morgan fingerprint density at radius 2 is 2.06 bits per heavy atom. The van der Waals surface area contributed by atoms with Gasteiger partial charge in [0.05, 0.1) is 18.7 Å². The normalized spacial score (nSPS) is 12.6. The SMILES string of the molecule is CCOCc1nc2c(N)nc3cccnc3c2n1CCCC(C)NC(=O)N(OC)C(C)C. The van der Waals surface area contributed by atoms with Crippen molar-refractivity contribution in [3.05, 3.63) is 24.2 Å². The number of fused-ring (bicyclic) bond motifs is 3. The van der Waals surface area contributed by atoms with Crippen molar-refractivity contribution in [2.45, 2.75) is 65.8 Å². The molecular weight excluding hydrogens is 410 g/mol. The summed E-state index contributed by atoms with van der Waals surface area (Å²) in [5.41, 5.74) is 9.21. The first-order valence-electron chi connectivity index (χ1n) is 11.0. The Morgan fingerprint density at radius 3 is 2.75 bits per heavy atom. The average Bonchev–Trinajstić information content (AvgIpc) is 3.12. The molecule has 3 heterocycles. The molecule has 0 spiro atoms. The van der Waals surface area contributed by atoms with Crippen LogP contribution >= 0.6 is 0 Å². The maximum Gasteiger partial charge on any atom is 0.341 e. The summed E-state index contributed by atoms with van der Waals surface area (Å²) < 4.78 is 7.76. The fraction of sp³-hybridized carbons (Fsp3) is 0.545. The Morgan fingerprint density at radius 1 is 1.28 bits per heavy atom. The van der Waals surface area contributed by atoms with Crippen molar-refractivity contribution in [1.29, 1.82) is 0 Å². The lowest BCUT2D eigenvalue weighted by Gasteiger charge is -2.26. The third-order valence-electron chi connectivity index (χ3n) is 5.23. The van der Waals surface area contributed by atoms with E-state index in [1.54, 1.807) is 6.20 Å². The number of amides is 2. The summed E-state index contributed by atoms with van der Waals surface area (Å²) in [6.45, 7) is 9.38. The molecule has 0 aliphatic rings. The van der Waals surface area contributed by atoms with E-state index in [4.69, 9.17) is 20.3 Å². The lowest BCUT2D eigenvalue weighted by atomic mass is 10.2. The van der Waals surface area contributed by atoms with Crippen LogP contribution in [0.1, 0.15) is 46.4 Å².